The molecule has 0 fully saturated rings. The van der Waals surface area contributed by atoms with Crippen molar-refractivity contribution in [1.29, 1.82) is 0 Å². The van der Waals surface area contributed by atoms with Crippen LogP contribution < -0.4 is 0 Å². The van der Waals surface area contributed by atoms with Crippen LogP contribution in [0.4, 0.5) is 8.78 Å². The molecule has 0 heterocycles. The van der Waals surface area contributed by atoms with Crippen molar-refractivity contribution in [3.63, 3.8) is 0 Å². The topological polar surface area (TPSA) is 0 Å². The first-order chi connectivity index (χ1) is 6.53. The minimum atomic E-state index is -0.850. The lowest BCUT2D eigenvalue weighted by Crippen LogP contribution is -2.15. The van der Waals surface area contributed by atoms with Gasteiger partial charge in [0, 0.05) is 5.41 Å². The molecule has 0 aliphatic heterocycles. The molecule has 0 N–H and O–H groups in total. The third-order valence-corrected chi connectivity index (χ3v) is 2.39. The van der Waals surface area contributed by atoms with Crippen molar-refractivity contribution in [3.05, 3.63) is 60.7 Å². The highest BCUT2D eigenvalue weighted by Gasteiger charge is 2.19. The molecule has 0 aliphatic carbocycles. The van der Waals surface area contributed by atoms with Crippen LogP contribution in [0.25, 0.3) is 0 Å². The average molecular weight is 194 g/mol. The molecule has 0 nitrogen and oxygen atoms in total. The third-order valence-electron chi connectivity index (χ3n) is 2.39. The zero-order valence-corrected chi connectivity index (χ0v) is 8.06. The maximum Gasteiger partial charge on any atom is 0.159 e. The van der Waals surface area contributed by atoms with Crippen LogP contribution in [-0.4, -0.2) is 0 Å². The zero-order chi connectivity index (χ0) is 10.8. The Balaban J connectivity index is 3.25. The van der Waals surface area contributed by atoms with Gasteiger partial charge in [-0.2, -0.15) is 0 Å². The Labute approximate surface area is 82.6 Å². The van der Waals surface area contributed by atoms with Crippen LogP contribution in [0.5, 0.6) is 0 Å². The number of benzene rings is 1. The highest BCUT2D eigenvalue weighted by Crippen LogP contribution is 2.27. The van der Waals surface area contributed by atoms with Crippen molar-refractivity contribution < 1.29 is 8.78 Å². The summed E-state index contributed by atoms with van der Waals surface area (Å²) in [6, 6.07) is 3.80. The monoisotopic (exact) mass is 194 g/mol. The van der Waals surface area contributed by atoms with Crippen LogP contribution in [0.15, 0.2) is 43.5 Å². The molecule has 0 radical (unpaired) electrons. The summed E-state index contributed by atoms with van der Waals surface area (Å²) in [5, 5.41) is 0. The fourth-order valence-corrected chi connectivity index (χ4v) is 1.15. The van der Waals surface area contributed by atoms with E-state index in [-0.39, 0.29) is 0 Å². The summed E-state index contributed by atoms with van der Waals surface area (Å²) in [4.78, 5) is 0. The van der Waals surface area contributed by atoms with Crippen molar-refractivity contribution in [3.8, 4) is 0 Å². The lowest BCUT2D eigenvalue weighted by Gasteiger charge is -2.21. The maximum atomic E-state index is 12.9. The first-order valence-electron chi connectivity index (χ1n) is 4.26. The first-order valence-corrected chi connectivity index (χ1v) is 4.26. The zero-order valence-electron chi connectivity index (χ0n) is 8.06. The van der Waals surface area contributed by atoms with E-state index in [1.165, 1.54) is 12.1 Å². The van der Waals surface area contributed by atoms with E-state index >= 15 is 0 Å². The molecule has 0 atom stereocenters. The predicted molar refractivity (Wildman–Crippen MR) is 54.1 cm³/mol. The molecule has 0 bridgehead atoms. The summed E-state index contributed by atoms with van der Waals surface area (Å²) in [5.74, 6) is -1.69. The van der Waals surface area contributed by atoms with E-state index in [2.05, 4.69) is 13.2 Å². The minimum Gasteiger partial charge on any atom is -0.204 e. The lowest BCUT2D eigenvalue weighted by molar-refractivity contribution is 0.505. The van der Waals surface area contributed by atoms with Crippen molar-refractivity contribution in [2.24, 2.45) is 0 Å². The number of hydrogen-bond acceptors (Lipinski definition) is 0. The van der Waals surface area contributed by atoms with Crippen molar-refractivity contribution in [2.45, 2.75) is 12.3 Å². The second kappa shape index (κ2) is 3.74. The van der Waals surface area contributed by atoms with Gasteiger partial charge in [-0.1, -0.05) is 18.2 Å². The van der Waals surface area contributed by atoms with Gasteiger partial charge in [0.2, 0.25) is 0 Å². The third kappa shape index (κ3) is 1.74. The number of allylic oxidation sites excluding steroid dienone is 2. The van der Waals surface area contributed by atoms with Gasteiger partial charge < -0.3 is 0 Å². The second-order valence-corrected chi connectivity index (χ2v) is 3.32. The van der Waals surface area contributed by atoms with Crippen molar-refractivity contribution >= 4 is 0 Å². The summed E-state index contributed by atoms with van der Waals surface area (Å²) in [5.41, 5.74) is 0.121. The molecule has 1 aromatic carbocycles. The largest absolute Gasteiger partial charge is 0.204 e. The van der Waals surface area contributed by atoms with Crippen LogP contribution in [-0.2, 0) is 5.41 Å². The molecule has 1 aromatic rings. The van der Waals surface area contributed by atoms with E-state index in [1.54, 1.807) is 12.2 Å². The summed E-state index contributed by atoms with van der Waals surface area (Å²) >= 11 is 0. The van der Waals surface area contributed by atoms with E-state index in [1.807, 2.05) is 6.92 Å². The van der Waals surface area contributed by atoms with Gasteiger partial charge in [0.1, 0.15) is 0 Å². The second-order valence-electron chi connectivity index (χ2n) is 3.32. The molecule has 0 saturated heterocycles. The van der Waals surface area contributed by atoms with Gasteiger partial charge in [-0.15, -0.1) is 13.2 Å². The Morgan fingerprint density at radius 2 is 1.71 bits per heavy atom. The molecule has 0 spiro atoms. The summed E-state index contributed by atoms with van der Waals surface area (Å²) in [7, 11) is 0. The molecule has 1 rings (SSSR count). The molecular weight excluding hydrogens is 182 g/mol. The molecular formula is C12H12F2. The molecule has 0 aliphatic rings. The van der Waals surface area contributed by atoms with Crippen molar-refractivity contribution in [2.75, 3.05) is 0 Å². The van der Waals surface area contributed by atoms with E-state index < -0.39 is 17.0 Å². The molecule has 0 aromatic heterocycles. The van der Waals surface area contributed by atoms with Crippen molar-refractivity contribution in [1.82, 2.24) is 0 Å². The smallest absolute Gasteiger partial charge is 0.159 e. The first kappa shape index (κ1) is 10.6. The Morgan fingerprint density at radius 3 is 2.14 bits per heavy atom. The van der Waals surface area contributed by atoms with Gasteiger partial charge in [-0.25, -0.2) is 8.78 Å². The maximum absolute atomic E-state index is 12.9. The SMILES string of the molecule is C=CC(C)(C=C)c1ccc(F)c(F)c1. The number of rotatable bonds is 3. The van der Waals surface area contributed by atoms with Gasteiger partial charge in [-0.3, -0.25) is 0 Å². The van der Waals surface area contributed by atoms with Crippen LogP contribution in [0.1, 0.15) is 12.5 Å². The lowest BCUT2D eigenvalue weighted by atomic mass is 9.83. The molecule has 14 heavy (non-hydrogen) atoms. The average Bonchev–Trinajstić information content (AvgIpc) is 2.21. The Morgan fingerprint density at radius 1 is 1.14 bits per heavy atom. The number of halogens is 2. The molecule has 0 saturated carbocycles. The highest BCUT2D eigenvalue weighted by molar-refractivity contribution is 5.34. The van der Waals surface area contributed by atoms with E-state index in [4.69, 9.17) is 0 Å². The molecule has 74 valence electrons. The minimum absolute atomic E-state index is 0.519. The van der Waals surface area contributed by atoms with E-state index in [0.29, 0.717) is 5.56 Å². The Hall–Kier alpha value is -1.44. The summed E-state index contributed by atoms with van der Waals surface area (Å²) in [6.45, 7) is 9.12. The standard InChI is InChI=1S/C12H12F2/c1-4-12(3,5-2)9-6-7-10(13)11(14)8-9/h4-8H,1-2H2,3H3. The van der Waals surface area contributed by atoms with Crippen LogP contribution in [0, 0.1) is 11.6 Å². The summed E-state index contributed by atoms with van der Waals surface area (Å²) < 4.78 is 25.6. The molecule has 0 unspecified atom stereocenters. The quantitative estimate of drug-likeness (QED) is 0.645. The Bertz CT molecular complexity index is 359. The van der Waals surface area contributed by atoms with Gasteiger partial charge in [0.05, 0.1) is 0 Å². The van der Waals surface area contributed by atoms with Gasteiger partial charge in [0.25, 0.3) is 0 Å². The van der Waals surface area contributed by atoms with Crippen LogP contribution >= 0.6 is 0 Å². The molecule has 0 amide bonds. The fraction of sp³-hybridized carbons (Fsp3) is 0.167. The number of hydrogen-bond donors (Lipinski definition) is 0. The Kier molecular flexibility index (Phi) is 2.84. The van der Waals surface area contributed by atoms with Crippen LogP contribution in [0.3, 0.4) is 0 Å². The molecule has 2 heteroatoms. The fourth-order valence-electron chi connectivity index (χ4n) is 1.15. The van der Waals surface area contributed by atoms with Gasteiger partial charge >= 0.3 is 0 Å². The van der Waals surface area contributed by atoms with E-state index in [0.717, 1.165) is 6.07 Å². The highest BCUT2D eigenvalue weighted by atomic mass is 19.2. The normalized spacial score (nSPS) is 11.1. The predicted octanol–water partition coefficient (Wildman–Crippen LogP) is 3.59. The van der Waals surface area contributed by atoms with Gasteiger partial charge in [-0.05, 0) is 24.6 Å². The summed E-state index contributed by atoms with van der Waals surface area (Å²) in [6.07, 6.45) is 3.29. The van der Waals surface area contributed by atoms with Crippen LogP contribution in [0.2, 0.25) is 0 Å². The van der Waals surface area contributed by atoms with Gasteiger partial charge in [0.15, 0.2) is 11.6 Å². The van der Waals surface area contributed by atoms with E-state index in [9.17, 15) is 8.78 Å².